The lowest BCUT2D eigenvalue weighted by Gasteiger charge is -2.42. The summed E-state index contributed by atoms with van der Waals surface area (Å²) in [6.07, 6.45) is 14.2. The minimum Gasteiger partial charge on any atom is -0.481 e. The van der Waals surface area contributed by atoms with Crippen molar-refractivity contribution in [3.05, 3.63) is 12.2 Å². The number of carbonyl (C=O) groups is 1. The lowest BCUT2D eigenvalue weighted by Crippen LogP contribution is -2.56. The molecule has 0 amide bonds. The molecule has 160 valence electrons. The first kappa shape index (κ1) is 26.1. The molecule has 0 aliphatic rings. The van der Waals surface area contributed by atoms with Gasteiger partial charge in [0.1, 0.15) is 18.6 Å². The summed E-state index contributed by atoms with van der Waals surface area (Å²) in [6, 6.07) is 0. The first-order valence-corrected chi connectivity index (χ1v) is 11.4. The monoisotopic (exact) mass is 384 g/mol. The topological polar surface area (TPSA) is 57.5 Å². The number of rotatable bonds is 18. The molecule has 4 nitrogen and oxygen atoms in total. The number of hydrogen-bond acceptors (Lipinski definition) is 2. The van der Waals surface area contributed by atoms with Gasteiger partial charge in [0, 0.05) is 0 Å². The number of aliphatic carboxylic acids is 1. The molecular formula is C23H46NO3+. The van der Waals surface area contributed by atoms with Crippen molar-refractivity contribution < 1.29 is 19.5 Å². The van der Waals surface area contributed by atoms with E-state index in [4.69, 9.17) is 0 Å². The highest BCUT2D eigenvalue weighted by atomic mass is 16.4. The fraction of sp³-hybridized carbons (Fsp3) is 0.870. The van der Waals surface area contributed by atoms with Gasteiger partial charge in [-0.05, 0) is 44.9 Å². The van der Waals surface area contributed by atoms with E-state index in [2.05, 4.69) is 32.9 Å². The van der Waals surface area contributed by atoms with Crippen molar-refractivity contribution in [2.24, 2.45) is 5.92 Å². The van der Waals surface area contributed by atoms with E-state index in [-0.39, 0.29) is 5.92 Å². The van der Waals surface area contributed by atoms with Crippen LogP contribution in [0.5, 0.6) is 0 Å². The third kappa shape index (κ3) is 12.2. The number of carboxylic acid groups (broad SMARTS) is 1. The Bertz CT molecular complexity index is 385. The summed E-state index contributed by atoms with van der Waals surface area (Å²) in [6.45, 7) is 11.8. The molecule has 0 saturated carbocycles. The Balaban J connectivity index is 5.27. The number of aliphatic hydroxyl groups is 1. The number of allylic oxidation sites excluding steroid dienone is 1. The average molecular weight is 385 g/mol. The van der Waals surface area contributed by atoms with Crippen LogP contribution < -0.4 is 0 Å². The Morgan fingerprint density at radius 1 is 0.889 bits per heavy atom. The van der Waals surface area contributed by atoms with Crippen molar-refractivity contribution in [1.82, 2.24) is 0 Å². The van der Waals surface area contributed by atoms with Crippen LogP contribution in [0, 0.1) is 5.92 Å². The van der Waals surface area contributed by atoms with Crippen molar-refractivity contribution in [2.45, 2.75) is 98.0 Å². The highest BCUT2D eigenvalue weighted by Crippen LogP contribution is 2.21. The number of quaternary nitrogens is 1. The molecule has 0 aromatic heterocycles. The van der Waals surface area contributed by atoms with Gasteiger partial charge in [0.15, 0.2) is 0 Å². The first-order chi connectivity index (χ1) is 12.9. The summed E-state index contributed by atoms with van der Waals surface area (Å²) >= 11 is 0. The Morgan fingerprint density at radius 3 is 1.93 bits per heavy atom. The second-order valence-electron chi connectivity index (χ2n) is 8.16. The molecule has 2 N–H and O–H groups in total. The maximum absolute atomic E-state index is 11.7. The molecule has 0 aliphatic carbocycles. The van der Waals surface area contributed by atoms with Crippen molar-refractivity contribution in [3.8, 4) is 0 Å². The van der Waals surface area contributed by atoms with Gasteiger partial charge in [-0.1, -0.05) is 59.1 Å². The number of nitrogens with zero attached hydrogens (tertiary/aromatic N) is 1. The van der Waals surface area contributed by atoms with E-state index in [1.807, 2.05) is 6.92 Å². The van der Waals surface area contributed by atoms with Crippen LogP contribution >= 0.6 is 0 Å². The first-order valence-electron chi connectivity index (χ1n) is 11.4. The van der Waals surface area contributed by atoms with Gasteiger partial charge in [-0.15, -0.1) is 0 Å². The van der Waals surface area contributed by atoms with Crippen molar-refractivity contribution in [3.63, 3.8) is 0 Å². The summed E-state index contributed by atoms with van der Waals surface area (Å²) in [5.74, 6) is -1.01. The van der Waals surface area contributed by atoms with Crippen LogP contribution in [0.15, 0.2) is 12.2 Å². The molecule has 27 heavy (non-hydrogen) atoms. The zero-order chi connectivity index (χ0) is 20.5. The lowest BCUT2D eigenvalue weighted by molar-refractivity contribution is -0.933. The van der Waals surface area contributed by atoms with Crippen LogP contribution in [-0.4, -0.2) is 52.9 Å². The van der Waals surface area contributed by atoms with Gasteiger partial charge in [-0.25, -0.2) is 0 Å². The molecule has 4 heteroatoms. The van der Waals surface area contributed by atoms with Crippen molar-refractivity contribution >= 4 is 5.97 Å². The Labute approximate surface area is 168 Å². The Morgan fingerprint density at radius 2 is 1.48 bits per heavy atom. The summed E-state index contributed by atoms with van der Waals surface area (Å²) in [5.41, 5.74) is 0. The third-order valence-electron chi connectivity index (χ3n) is 5.55. The van der Waals surface area contributed by atoms with E-state index in [9.17, 15) is 15.0 Å². The Kier molecular flexibility index (Phi) is 15.6. The van der Waals surface area contributed by atoms with Gasteiger partial charge in [0.25, 0.3) is 0 Å². The van der Waals surface area contributed by atoms with E-state index < -0.39 is 12.1 Å². The molecule has 0 fully saturated rings. The fourth-order valence-electron chi connectivity index (χ4n) is 3.85. The standard InChI is InChI=1S/C23H45NO3/c1-5-9-12-13-16-22(25)20-24(17-14-10-6-2,18-15-11-7-3)19-21(8-4)23(26)27/h12-13,21-22,25H,5-11,14-20H2,1-4H3/p+1/b13-12+. The SMILES string of the molecule is CCC/C=C/CC(O)C[N+](CCCCC)(CCCCC)CC(CC)C(=O)O. The smallest absolute Gasteiger partial charge is 0.312 e. The molecule has 0 heterocycles. The summed E-state index contributed by atoms with van der Waals surface area (Å²) < 4.78 is 0.758. The molecule has 2 unspecified atom stereocenters. The summed E-state index contributed by atoms with van der Waals surface area (Å²) in [5, 5.41) is 20.3. The summed E-state index contributed by atoms with van der Waals surface area (Å²) in [7, 11) is 0. The minimum atomic E-state index is -0.691. The second kappa shape index (κ2) is 16.1. The van der Waals surface area contributed by atoms with Gasteiger partial charge in [-0.3, -0.25) is 4.79 Å². The highest BCUT2D eigenvalue weighted by molar-refractivity contribution is 5.69. The summed E-state index contributed by atoms with van der Waals surface area (Å²) in [4.78, 5) is 11.7. The molecule has 0 bridgehead atoms. The largest absolute Gasteiger partial charge is 0.481 e. The van der Waals surface area contributed by atoms with E-state index in [1.54, 1.807) is 0 Å². The molecule has 0 aliphatic heterocycles. The second-order valence-corrected chi connectivity index (χ2v) is 8.16. The normalized spacial score (nSPS) is 14.6. The number of aliphatic hydroxyl groups excluding tert-OH is 1. The van der Waals surface area contributed by atoms with Gasteiger partial charge in [-0.2, -0.15) is 0 Å². The molecule has 2 atom stereocenters. The van der Waals surface area contributed by atoms with E-state index in [0.29, 0.717) is 25.9 Å². The molecule has 0 aromatic rings. The van der Waals surface area contributed by atoms with Gasteiger partial charge >= 0.3 is 5.97 Å². The van der Waals surface area contributed by atoms with Gasteiger partial charge < -0.3 is 14.7 Å². The van der Waals surface area contributed by atoms with Crippen LogP contribution in [0.25, 0.3) is 0 Å². The molecule has 0 aromatic carbocycles. The van der Waals surface area contributed by atoms with Crippen LogP contribution in [-0.2, 0) is 4.79 Å². The minimum absolute atomic E-state index is 0.323. The predicted molar refractivity (Wildman–Crippen MR) is 115 cm³/mol. The number of unbranched alkanes of at least 4 members (excludes halogenated alkanes) is 5. The quantitative estimate of drug-likeness (QED) is 0.189. The van der Waals surface area contributed by atoms with E-state index >= 15 is 0 Å². The van der Waals surface area contributed by atoms with Crippen molar-refractivity contribution in [1.29, 1.82) is 0 Å². The zero-order valence-electron chi connectivity index (χ0n) is 18.5. The van der Waals surface area contributed by atoms with Crippen LogP contribution in [0.4, 0.5) is 0 Å². The van der Waals surface area contributed by atoms with Gasteiger partial charge in [0.2, 0.25) is 0 Å². The third-order valence-corrected chi connectivity index (χ3v) is 5.55. The van der Waals surface area contributed by atoms with Crippen LogP contribution in [0.3, 0.4) is 0 Å². The predicted octanol–water partition coefficient (Wildman–Crippen LogP) is 5.40. The molecular weight excluding hydrogens is 338 g/mol. The van der Waals surface area contributed by atoms with E-state index in [0.717, 1.165) is 56.1 Å². The average Bonchev–Trinajstić information content (AvgIpc) is 2.63. The number of hydrogen-bond donors (Lipinski definition) is 2. The zero-order valence-corrected chi connectivity index (χ0v) is 18.5. The lowest BCUT2D eigenvalue weighted by atomic mass is 10.0. The highest BCUT2D eigenvalue weighted by Gasteiger charge is 2.34. The van der Waals surface area contributed by atoms with Crippen LogP contribution in [0.2, 0.25) is 0 Å². The molecule has 0 rings (SSSR count). The van der Waals surface area contributed by atoms with Crippen molar-refractivity contribution in [2.75, 3.05) is 26.2 Å². The molecule has 0 radical (unpaired) electrons. The molecule has 0 spiro atoms. The number of carboxylic acids is 1. The Hall–Kier alpha value is -0.870. The van der Waals surface area contributed by atoms with Crippen LogP contribution in [0.1, 0.15) is 91.9 Å². The molecule has 0 saturated heterocycles. The maximum Gasteiger partial charge on any atom is 0.312 e. The maximum atomic E-state index is 11.7. The fourth-order valence-corrected chi connectivity index (χ4v) is 3.85. The van der Waals surface area contributed by atoms with Gasteiger partial charge in [0.05, 0.1) is 19.6 Å². The van der Waals surface area contributed by atoms with E-state index in [1.165, 1.54) is 12.8 Å².